The Bertz CT molecular complexity index is 1080. The Morgan fingerprint density at radius 3 is 2.67 bits per heavy atom. The Hall–Kier alpha value is -3.07. The summed E-state index contributed by atoms with van der Waals surface area (Å²) < 4.78 is 12.2. The van der Waals surface area contributed by atoms with Crippen molar-refractivity contribution < 1.29 is 24.8 Å². The van der Waals surface area contributed by atoms with Gasteiger partial charge in [-0.1, -0.05) is 24.1 Å². The standard InChI is InChI=1S/C20H21N5O5/c1-29-11-22-18-15-19(24-14(23-18)8-7-12-5-3-2-4-6-12)25(10-21-15)20-17(28)16(27)13(9-26)30-20/h2-6,10,13,16-17,20,26-28H,9,11H2,1H3,(H,22,23,24)/t13-,16-,17-,20-/m1/s1. The molecule has 3 heterocycles. The molecule has 156 valence electrons. The summed E-state index contributed by atoms with van der Waals surface area (Å²) in [7, 11) is 1.54. The zero-order valence-electron chi connectivity index (χ0n) is 16.1. The van der Waals surface area contributed by atoms with Crippen LogP contribution in [0.15, 0.2) is 36.7 Å². The molecule has 1 aromatic carbocycles. The molecule has 0 bridgehead atoms. The molecule has 10 heteroatoms. The van der Waals surface area contributed by atoms with Crippen molar-refractivity contribution in [1.29, 1.82) is 0 Å². The number of ether oxygens (including phenoxy) is 2. The molecule has 1 aliphatic rings. The third kappa shape index (κ3) is 3.85. The third-order valence-electron chi connectivity index (χ3n) is 4.69. The lowest BCUT2D eigenvalue weighted by Crippen LogP contribution is -2.33. The molecule has 1 fully saturated rings. The number of fused-ring (bicyclic) bond motifs is 1. The molecule has 0 amide bonds. The van der Waals surface area contributed by atoms with Crippen LogP contribution in [0.4, 0.5) is 5.82 Å². The van der Waals surface area contributed by atoms with E-state index in [-0.39, 0.29) is 12.6 Å². The quantitative estimate of drug-likeness (QED) is 0.334. The number of hydrogen-bond donors (Lipinski definition) is 4. The highest BCUT2D eigenvalue weighted by Crippen LogP contribution is 2.32. The smallest absolute Gasteiger partial charge is 0.209 e. The molecule has 0 unspecified atom stereocenters. The average molecular weight is 411 g/mol. The van der Waals surface area contributed by atoms with Crippen LogP contribution in [0.2, 0.25) is 0 Å². The van der Waals surface area contributed by atoms with Gasteiger partial charge in [-0.05, 0) is 18.1 Å². The fourth-order valence-electron chi connectivity index (χ4n) is 3.18. The van der Waals surface area contributed by atoms with E-state index in [9.17, 15) is 15.3 Å². The SMILES string of the molecule is COCNc1nc(C#Cc2ccccc2)nc2c1ncn2[C@@H]1O[C@H](CO)[C@@H](O)[C@H]1O. The van der Waals surface area contributed by atoms with E-state index >= 15 is 0 Å². The van der Waals surface area contributed by atoms with Gasteiger partial charge >= 0.3 is 0 Å². The molecule has 1 saturated heterocycles. The fourth-order valence-corrected chi connectivity index (χ4v) is 3.18. The fraction of sp³-hybridized carbons (Fsp3) is 0.350. The van der Waals surface area contributed by atoms with Crippen LogP contribution in [0, 0.1) is 11.8 Å². The first-order valence-corrected chi connectivity index (χ1v) is 9.29. The van der Waals surface area contributed by atoms with Gasteiger partial charge in [-0.2, -0.15) is 0 Å². The summed E-state index contributed by atoms with van der Waals surface area (Å²) in [5, 5.41) is 32.8. The predicted octanol–water partition coefficient (Wildman–Crippen LogP) is -0.147. The number of methoxy groups -OCH3 is 1. The normalized spacial score (nSPS) is 23.3. The number of aromatic nitrogens is 4. The van der Waals surface area contributed by atoms with Gasteiger partial charge in [0, 0.05) is 12.7 Å². The van der Waals surface area contributed by atoms with Crippen molar-refractivity contribution in [3.8, 4) is 11.8 Å². The number of rotatable bonds is 5. The van der Waals surface area contributed by atoms with Crippen LogP contribution >= 0.6 is 0 Å². The zero-order valence-corrected chi connectivity index (χ0v) is 16.1. The Morgan fingerprint density at radius 1 is 1.17 bits per heavy atom. The number of aliphatic hydroxyl groups is 3. The molecule has 4 rings (SSSR count). The van der Waals surface area contributed by atoms with Crippen molar-refractivity contribution >= 4 is 17.0 Å². The van der Waals surface area contributed by atoms with Crippen LogP contribution in [0.1, 0.15) is 17.6 Å². The molecular formula is C20H21N5O5. The molecule has 3 aromatic rings. The number of hydrogen-bond acceptors (Lipinski definition) is 9. The predicted molar refractivity (Wildman–Crippen MR) is 106 cm³/mol. The lowest BCUT2D eigenvalue weighted by Gasteiger charge is -2.16. The first-order chi connectivity index (χ1) is 14.6. The van der Waals surface area contributed by atoms with E-state index in [2.05, 4.69) is 32.1 Å². The molecule has 4 N–H and O–H groups in total. The van der Waals surface area contributed by atoms with Gasteiger partial charge in [0.25, 0.3) is 0 Å². The molecular weight excluding hydrogens is 390 g/mol. The van der Waals surface area contributed by atoms with Gasteiger partial charge in [-0.25, -0.2) is 15.0 Å². The van der Waals surface area contributed by atoms with Crippen LogP contribution in [0.3, 0.4) is 0 Å². The summed E-state index contributed by atoms with van der Waals surface area (Å²) in [5.74, 6) is 6.58. The van der Waals surface area contributed by atoms with E-state index in [4.69, 9.17) is 9.47 Å². The van der Waals surface area contributed by atoms with E-state index < -0.39 is 31.1 Å². The van der Waals surface area contributed by atoms with Crippen molar-refractivity contribution in [2.75, 3.05) is 25.8 Å². The molecule has 0 spiro atoms. The Balaban J connectivity index is 1.77. The molecule has 10 nitrogen and oxygen atoms in total. The number of anilines is 1. The van der Waals surface area contributed by atoms with E-state index in [0.29, 0.717) is 17.0 Å². The van der Waals surface area contributed by atoms with Gasteiger partial charge in [0.15, 0.2) is 23.2 Å². The van der Waals surface area contributed by atoms with Crippen LogP contribution in [-0.4, -0.2) is 73.6 Å². The second-order valence-corrected chi connectivity index (χ2v) is 6.67. The highest BCUT2D eigenvalue weighted by Gasteiger charge is 2.44. The summed E-state index contributed by atoms with van der Waals surface area (Å²) in [6, 6.07) is 9.42. The minimum Gasteiger partial charge on any atom is -0.394 e. The molecule has 4 atom stereocenters. The van der Waals surface area contributed by atoms with E-state index in [1.54, 1.807) is 7.11 Å². The lowest BCUT2D eigenvalue weighted by molar-refractivity contribution is -0.0511. The highest BCUT2D eigenvalue weighted by molar-refractivity contribution is 5.83. The van der Waals surface area contributed by atoms with Crippen molar-refractivity contribution in [3.63, 3.8) is 0 Å². The Labute approximate surface area is 172 Å². The molecule has 0 saturated carbocycles. The minimum absolute atomic E-state index is 0.193. The second-order valence-electron chi connectivity index (χ2n) is 6.67. The summed E-state index contributed by atoms with van der Waals surface area (Å²) in [6.45, 7) is -0.233. The largest absolute Gasteiger partial charge is 0.394 e. The third-order valence-corrected chi connectivity index (χ3v) is 4.69. The summed E-state index contributed by atoms with van der Waals surface area (Å²) in [4.78, 5) is 13.2. The van der Waals surface area contributed by atoms with Crippen molar-refractivity contribution in [1.82, 2.24) is 19.5 Å². The molecule has 0 radical (unpaired) electrons. The topological polar surface area (TPSA) is 135 Å². The van der Waals surface area contributed by atoms with Gasteiger partial charge in [0.1, 0.15) is 25.0 Å². The summed E-state index contributed by atoms with van der Waals surface area (Å²) >= 11 is 0. The minimum atomic E-state index is -1.26. The maximum Gasteiger partial charge on any atom is 0.209 e. The van der Waals surface area contributed by atoms with E-state index in [0.717, 1.165) is 5.56 Å². The van der Waals surface area contributed by atoms with Crippen molar-refractivity contribution in [2.24, 2.45) is 0 Å². The van der Waals surface area contributed by atoms with Gasteiger partial charge in [0.2, 0.25) is 5.82 Å². The maximum atomic E-state index is 10.4. The molecule has 30 heavy (non-hydrogen) atoms. The monoisotopic (exact) mass is 411 g/mol. The average Bonchev–Trinajstić information content (AvgIpc) is 3.32. The number of nitrogens with one attached hydrogen (secondary N) is 1. The molecule has 0 aliphatic carbocycles. The van der Waals surface area contributed by atoms with Gasteiger partial charge in [0.05, 0.1) is 12.9 Å². The Morgan fingerprint density at radius 2 is 1.97 bits per heavy atom. The van der Waals surface area contributed by atoms with Gasteiger partial charge in [-0.3, -0.25) is 4.57 Å². The Kier molecular flexibility index (Phi) is 5.89. The van der Waals surface area contributed by atoms with Crippen LogP contribution in [-0.2, 0) is 9.47 Å². The van der Waals surface area contributed by atoms with Gasteiger partial charge in [-0.15, -0.1) is 0 Å². The zero-order chi connectivity index (χ0) is 21.1. The van der Waals surface area contributed by atoms with Gasteiger partial charge < -0.3 is 30.1 Å². The number of nitrogens with zero attached hydrogens (tertiary/aromatic N) is 4. The number of aliphatic hydroxyl groups excluding tert-OH is 3. The lowest BCUT2D eigenvalue weighted by atomic mass is 10.1. The molecule has 1 aliphatic heterocycles. The summed E-state index contributed by atoms with van der Waals surface area (Å²) in [6.07, 6.45) is -2.94. The summed E-state index contributed by atoms with van der Waals surface area (Å²) in [5.41, 5.74) is 1.59. The van der Waals surface area contributed by atoms with E-state index in [1.807, 2.05) is 30.3 Å². The number of benzene rings is 1. The van der Waals surface area contributed by atoms with E-state index in [1.165, 1.54) is 10.9 Å². The van der Waals surface area contributed by atoms with Crippen LogP contribution in [0.5, 0.6) is 0 Å². The number of imidazole rings is 1. The maximum absolute atomic E-state index is 10.4. The highest BCUT2D eigenvalue weighted by atomic mass is 16.6. The van der Waals surface area contributed by atoms with Crippen LogP contribution in [0.25, 0.3) is 11.2 Å². The van der Waals surface area contributed by atoms with Crippen molar-refractivity contribution in [2.45, 2.75) is 24.5 Å². The van der Waals surface area contributed by atoms with Crippen LogP contribution < -0.4 is 5.32 Å². The van der Waals surface area contributed by atoms with Crippen molar-refractivity contribution in [3.05, 3.63) is 48.0 Å². The first kappa shape index (κ1) is 20.2. The first-order valence-electron chi connectivity index (χ1n) is 9.29. The second kappa shape index (κ2) is 8.74. The molecule has 2 aromatic heterocycles.